The molecule has 266 valence electrons. The van der Waals surface area contributed by atoms with E-state index in [-0.39, 0.29) is 52.0 Å². The molecule has 3 aromatic carbocycles. The van der Waals surface area contributed by atoms with Gasteiger partial charge in [-0.1, -0.05) is 41.4 Å². The van der Waals surface area contributed by atoms with Crippen LogP contribution in [0.4, 0.5) is 14.9 Å². The Morgan fingerprint density at radius 3 is 2.24 bits per heavy atom. The molecule has 2 amide bonds. The van der Waals surface area contributed by atoms with E-state index in [2.05, 4.69) is 0 Å². The van der Waals surface area contributed by atoms with E-state index in [1.165, 1.54) is 18.1 Å². The van der Waals surface area contributed by atoms with Crippen LogP contribution in [0.3, 0.4) is 0 Å². The third-order valence-electron chi connectivity index (χ3n) is 9.14. The SMILES string of the molecule is COC(=O)c1cc(F)c(-c2cccc3c2OCN(C(=O)c2c(Cl)cc(C4CCN(C(=O)OC(C)(C)C)CC4)cc2Cl)C3)cc1N1CCOCC1. The van der Waals surface area contributed by atoms with Gasteiger partial charge in [0.1, 0.15) is 17.2 Å². The molecule has 6 rings (SSSR count). The minimum absolute atomic E-state index is 0.113. The number of methoxy groups -OCH3 is 1. The summed E-state index contributed by atoms with van der Waals surface area (Å²) >= 11 is 13.4. The number of halogens is 3. The van der Waals surface area contributed by atoms with Gasteiger partial charge in [0.15, 0.2) is 6.73 Å². The molecular formula is C37H40Cl2FN3O7. The van der Waals surface area contributed by atoms with Crippen LogP contribution in [0, 0.1) is 5.82 Å². The second-order valence-electron chi connectivity index (χ2n) is 13.6. The normalized spacial score (nSPS) is 16.8. The Morgan fingerprint density at radius 1 is 0.920 bits per heavy atom. The largest absolute Gasteiger partial charge is 0.472 e. The molecule has 0 N–H and O–H groups in total. The van der Waals surface area contributed by atoms with Crippen molar-refractivity contribution >= 4 is 46.9 Å². The number of morpholine rings is 1. The lowest BCUT2D eigenvalue weighted by atomic mass is 9.89. The zero-order valence-corrected chi connectivity index (χ0v) is 30.0. The van der Waals surface area contributed by atoms with E-state index in [1.54, 1.807) is 35.2 Å². The molecule has 0 aliphatic carbocycles. The summed E-state index contributed by atoms with van der Waals surface area (Å²) in [4.78, 5) is 44.1. The molecule has 3 heterocycles. The van der Waals surface area contributed by atoms with E-state index in [0.717, 1.165) is 5.56 Å². The number of hydrogen-bond acceptors (Lipinski definition) is 8. The lowest BCUT2D eigenvalue weighted by Crippen LogP contribution is -2.41. The molecule has 0 saturated carbocycles. The van der Waals surface area contributed by atoms with Crippen LogP contribution in [0.2, 0.25) is 10.0 Å². The summed E-state index contributed by atoms with van der Waals surface area (Å²) in [7, 11) is 1.26. The van der Waals surface area contributed by atoms with Crippen molar-refractivity contribution in [3.8, 4) is 16.9 Å². The zero-order valence-electron chi connectivity index (χ0n) is 28.5. The number of nitrogens with zero attached hydrogens (tertiary/aromatic N) is 3. The molecule has 3 aliphatic rings. The van der Waals surface area contributed by atoms with Gasteiger partial charge in [-0.15, -0.1) is 0 Å². The molecule has 3 aliphatic heterocycles. The van der Waals surface area contributed by atoms with Crippen molar-refractivity contribution < 1.29 is 37.7 Å². The molecule has 3 aromatic rings. The number of anilines is 1. The highest BCUT2D eigenvalue weighted by atomic mass is 35.5. The van der Waals surface area contributed by atoms with Gasteiger partial charge in [-0.2, -0.15) is 0 Å². The fourth-order valence-corrected chi connectivity index (χ4v) is 7.30. The number of amides is 2. The molecule has 0 bridgehead atoms. The summed E-state index contributed by atoms with van der Waals surface area (Å²) in [6, 6.07) is 11.7. The van der Waals surface area contributed by atoms with Crippen LogP contribution >= 0.6 is 23.2 Å². The van der Waals surface area contributed by atoms with E-state index in [9.17, 15) is 14.4 Å². The lowest BCUT2D eigenvalue weighted by molar-refractivity contribution is 0.0204. The van der Waals surface area contributed by atoms with E-state index >= 15 is 4.39 Å². The van der Waals surface area contributed by atoms with Crippen LogP contribution in [-0.4, -0.2) is 86.6 Å². The number of para-hydroxylation sites is 1. The number of likely N-dealkylation sites (tertiary alicyclic amines) is 1. The molecule has 2 saturated heterocycles. The van der Waals surface area contributed by atoms with Crippen LogP contribution in [0.1, 0.15) is 71.4 Å². The van der Waals surface area contributed by atoms with Crippen LogP contribution in [0.15, 0.2) is 42.5 Å². The molecule has 10 nitrogen and oxygen atoms in total. The average Bonchev–Trinajstić information content (AvgIpc) is 3.10. The second-order valence-corrected chi connectivity index (χ2v) is 14.4. The Labute approximate surface area is 300 Å². The van der Waals surface area contributed by atoms with E-state index in [4.69, 9.17) is 42.1 Å². The highest BCUT2D eigenvalue weighted by molar-refractivity contribution is 6.39. The average molecular weight is 729 g/mol. The molecule has 0 radical (unpaired) electrons. The topological polar surface area (TPSA) is 97.9 Å². The maximum Gasteiger partial charge on any atom is 0.410 e. The van der Waals surface area contributed by atoms with Crippen LogP contribution in [0.5, 0.6) is 5.75 Å². The number of piperidine rings is 1. The summed E-state index contributed by atoms with van der Waals surface area (Å²) in [6.07, 6.45) is 1.08. The summed E-state index contributed by atoms with van der Waals surface area (Å²) in [5.41, 5.74) is 2.61. The highest BCUT2D eigenvalue weighted by Gasteiger charge is 2.32. The summed E-state index contributed by atoms with van der Waals surface area (Å²) in [6.45, 7) is 8.70. The van der Waals surface area contributed by atoms with Gasteiger partial charge in [0, 0.05) is 42.9 Å². The van der Waals surface area contributed by atoms with E-state index < -0.39 is 23.3 Å². The van der Waals surface area contributed by atoms with Gasteiger partial charge in [0.25, 0.3) is 5.91 Å². The predicted octanol–water partition coefficient (Wildman–Crippen LogP) is 7.53. The van der Waals surface area contributed by atoms with E-state index in [0.29, 0.717) is 74.8 Å². The maximum atomic E-state index is 15.7. The van der Waals surface area contributed by atoms with Crippen molar-refractivity contribution in [2.75, 3.05) is 58.1 Å². The summed E-state index contributed by atoms with van der Waals surface area (Å²) < 4.78 is 37.8. The maximum absolute atomic E-state index is 15.7. The van der Waals surface area contributed by atoms with Crippen molar-refractivity contribution in [3.05, 3.63) is 80.6 Å². The predicted molar refractivity (Wildman–Crippen MR) is 188 cm³/mol. The Balaban J connectivity index is 1.20. The van der Waals surface area contributed by atoms with Crippen molar-refractivity contribution in [2.45, 2.75) is 51.7 Å². The van der Waals surface area contributed by atoms with Gasteiger partial charge >= 0.3 is 12.1 Å². The minimum atomic E-state index is -0.633. The molecular weight excluding hydrogens is 688 g/mol. The molecule has 0 spiro atoms. The van der Waals surface area contributed by atoms with Gasteiger partial charge in [0.2, 0.25) is 0 Å². The minimum Gasteiger partial charge on any atom is -0.472 e. The first-order valence-electron chi connectivity index (χ1n) is 16.6. The Kier molecular flexibility index (Phi) is 10.5. The Morgan fingerprint density at radius 2 is 1.60 bits per heavy atom. The van der Waals surface area contributed by atoms with Crippen LogP contribution < -0.4 is 9.64 Å². The number of benzene rings is 3. The molecule has 50 heavy (non-hydrogen) atoms. The number of hydrogen-bond donors (Lipinski definition) is 0. The second kappa shape index (κ2) is 14.7. The fourth-order valence-electron chi connectivity index (χ4n) is 6.64. The smallest absolute Gasteiger partial charge is 0.410 e. The first-order valence-corrected chi connectivity index (χ1v) is 17.4. The molecule has 13 heteroatoms. The van der Waals surface area contributed by atoms with Crippen molar-refractivity contribution in [1.29, 1.82) is 0 Å². The quantitative estimate of drug-likeness (QED) is 0.249. The third kappa shape index (κ3) is 7.50. The standard InChI is InChI=1S/C37H40Cl2FN3O7/c1-37(2,3)50-36(46)42-10-8-22(9-11-42)24-16-28(38)32(29(39)17-24)34(44)43-20-23-6-5-7-25(33(23)49-21-43)26-19-31(41-12-14-48-15-13-41)27(18-30(26)40)35(45)47-4/h5-7,16-19,22H,8-15,20-21H2,1-4H3. The van der Waals surface area contributed by atoms with Gasteiger partial charge in [-0.05, 0) is 69.4 Å². The summed E-state index contributed by atoms with van der Waals surface area (Å²) in [5.74, 6) is -1.08. The molecule has 0 unspecified atom stereocenters. The molecule has 0 aromatic heterocycles. The zero-order chi connectivity index (χ0) is 35.7. The monoisotopic (exact) mass is 727 g/mol. The number of carbonyl (C=O) groups is 3. The number of rotatable bonds is 5. The van der Waals surface area contributed by atoms with Gasteiger partial charge in [0.05, 0.1) is 53.7 Å². The third-order valence-corrected chi connectivity index (χ3v) is 9.73. The fraction of sp³-hybridized carbons (Fsp3) is 0.432. The van der Waals surface area contributed by atoms with Crippen molar-refractivity contribution in [1.82, 2.24) is 9.80 Å². The highest BCUT2D eigenvalue weighted by Crippen LogP contribution is 2.41. The van der Waals surface area contributed by atoms with Crippen molar-refractivity contribution in [2.24, 2.45) is 0 Å². The lowest BCUT2D eigenvalue weighted by Gasteiger charge is -2.34. The molecule has 0 atom stereocenters. The number of esters is 1. The first kappa shape index (κ1) is 35.8. The molecule has 2 fully saturated rings. The van der Waals surface area contributed by atoms with Gasteiger partial charge < -0.3 is 33.6 Å². The van der Waals surface area contributed by atoms with Crippen molar-refractivity contribution in [3.63, 3.8) is 0 Å². The van der Waals surface area contributed by atoms with Gasteiger partial charge in [-0.25, -0.2) is 14.0 Å². The number of carbonyl (C=O) groups excluding carboxylic acids is 3. The van der Waals surface area contributed by atoms with Crippen LogP contribution in [-0.2, 0) is 20.8 Å². The van der Waals surface area contributed by atoms with E-state index in [1.807, 2.05) is 31.7 Å². The van der Waals surface area contributed by atoms with Gasteiger partial charge in [-0.3, -0.25) is 4.79 Å². The first-order chi connectivity index (χ1) is 23.8. The Hall–Kier alpha value is -4.06. The summed E-state index contributed by atoms with van der Waals surface area (Å²) in [5, 5.41) is 0.463. The number of ether oxygens (including phenoxy) is 4. The Bertz CT molecular complexity index is 1780. The van der Waals surface area contributed by atoms with Crippen LogP contribution in [0.25, 0.3) is 11.1 Å². The number of fused-ring (bicyclic) bond motifs is 1.